The number of hydrogen-bond acceptors (Lipinski definition) is 2. The Morgan fingerprint density at radius 1 is 1.22 bits per heavy atom. The highest BCUT2D eigenvalue weighted by molar-refractivity contribution is 5.13. The molecule has 1 aromatic rings. The normalized spacial score (nSPS) is 11.3. The molecule has 0 fully saturated rings. The fraction of sp³-hybridized carbons (Fsp3) is 0.500. The van der Waals surface area contributed by atoms with Crippen molar-refractivity contribution in [3.05, 3.63) is 48.7 Å². The van der Waals surface area contributed by atoms with Gasteiger partial charge in [-0.05, 0) is 23.8 Å². The van der Waals surface area contributed by atoms with Crippen LogP contribution >= 0.6 is 0 Å². The van der Waals surface area contributed by atoms with Crippen molar-refractivity contribution >= 4 is 0 Å². The van der Waals surface area contributed by atoms with E-state index in [2.05, 4.69) is 39.5 Å². The van der Waals surface area contributed by atoms with Gasteiger partial charge >= 0.3 is 0 Å². The van der Waals surface area contributed by atoms with Crippen molar-refractivity contribution in [1.29, 1.82) is 0 Å². The van der Waals surface area contributed by atoms with E-state index in [1.165, 1.54) is 12.0 Å². The Kier molecular flexibility index (Phi) is 5.93. The van der Waals surface area contributed by atoms with E-state index >= 15 is 0 Å². The zero-order chi connectivity index (χ0) is 13.4. The van der Waals surface area contributed by atoms with Crippen LogP contribution < -0.4 is 0 Å². The maximum atomic E-state index is 5.71. The second kappa shape index (κ2) is 7.22. The first-order chi connectivity index (χ1) is 8.51. The molecule has 0 atom stereocenters. The molecule has 0 amide bonds. The summed E-state index contributed by atoms with van der Waals surface area (Å²) in [6, 6.07) is 10.2. The van der Waals surface area contributed by atoms with Gasteiger partial charge in [0.05, 0.1) is 6.61 Å². The summed E-state index contributed by atoms with van der Waals surface area (Å²) in [6.45, 7) is 12.1. The first-order valence-electron chi connectivity index (χ1n) is 6.57. The molecule has 0 unspecified atom stereocenters. The van der Waals surface area contributed by atoms with Gasteiger partial charge in [0.25, 0.3) is 0 Å². The Bertz CT molecular complexity index is 340. The van der Waals surface area contributed by atoms with Crippen LogP contribution in [-0.2, 0) is 11.4 Å². The summed E-state index contributed by atoms with van der Waals surface area (Å²) < 4.78 is 0. The van der Waals surface area contributed by atoms with Gasteiger partial charge in [-0.15, -0.1) is 0 Å². The van der Waals surface area contributed by atoms with Crippen molar-refractivity contribution in [2.75, 3.05) is 6.54 Å². The van der Waals surface area contributed by atoms with Crippen molar-refractivity contribution in [3.8, 4) is 0 Å². The lowest BCUT2D eigenvalue weighted by Gasteiger charge is -2.22. The van der Waals surface area contributed by atoms with E-state index in [0.717, 1.165) is 13.0 Å². The van der Waals surface area contributed by atoms with Crippen LogP contribution in [-0.4, -0.2) is 11.6 Å². The summed E-state index contributed by atoms with van der Waals surface area (Å²) in [6.07, 6.45) is 4.06. The van der Waals surface area contributed by atoms with Crippen LogP contribution in [0.4, 0.5) is 0 Å². The molecule has 1 aromatic carbocycles. The second-order valence-corrected chi connectivity index (χ2v) is 5.75. The molecule has 0 saturated heterocycles. The monoisotopic (exact) mass is 247 g/mol. The van der Waals surface area contributed by atoms with E-state index in [1.807, 2.05) is 23.3 Å². The minimum Gasteiger partial charge on any atom is -0.269 e. The third-order valence-corrected chi connectivity index (χ3v) is 2.75. The van der Waals surface area contributed by atoms with Crippen molar-refractivity contribution in [2.24, 2.45) is 5.41 Å². The van der Waals surface area contributed by atoms with Gasteiger partial charge in [-0.1, -0.05) is 57.7 Å². The van der Waals surface area contributed by atoms with Gasteiger partial charge < -0.3 is 0 Å². The maximum absolute atomic E-state index is 5.71. The lowest BCUT2D eigenvalue weighted by Crippen LogP contribution is -2.20. The molecular weight excluding hydrogens is 222 g/mol. The molecule has 0 heterocycles. The molecule has 0 aliphatic carbocycles. The number of nitrogens with zero attached hydrogens (tertiary/aromatic N) is 1. The van der Waals surface area contributed by atoms with Crippen LogP contribution in [0.25, 0.3) is 0 Å². The van der Waals surface area contributed by atoms with Crippen molar-refractivity contribution in [1.82, 2.24) is 5.06 Å². The highest BCUT2D eigenvalue weighted by Gasteiger charge is 2.10. The van der Waals surface area contributed by atoms with Gasteiger partial charge in [-0.3, -0.25) is 9.90 Å². The largest absolute Gasteiger partial charge is 0.269 e. The van der Waals surface area contributed by atoms with Gasteiger partial charge in [0.1, 0.15) is 0 Å². The molecule has 2 nitrogen and oxygen atoms in total. The number of hydrogen-bond donors (Lipinski definition) is 0. The van der Waals surface area contributed by atoms with Gasteiger partial charge in [0.15, 0.2) is 0 Å². The smallest absolute Gasteiger partial charge is 0.0999 e. The molecule has 0 bridgehead atoms. The van der Waals surface area contributed by atoms with Gasteiger partial charge in [-0.2, -0.15) is 0 Å². The fourth-order valence-corrected chi connectivity index (χ4v) is 1.71. The van der Waals surface area contributed by atoms with E-state index in [0.29, 0.717) is 12.0 Å². The molecule has 0 aromatic heterocycles. The van der Waals surface area contributed by atoms with Gasteiger partial charge in [0.2, 0.25) is 0 Å². The van der Waals surface area contributed by atoms with Crippen molar-refractivity contribution < 1.29 is 4.84 Å². The van der Waals surface area contributed by atoms with Crippen LogP contribution in [0.1, 0.15) is 39.2 Å². The SMILES string of the molecule is C=CN(CCCC(C)(C)C)OCc1ccccc1. The minimum atomic E-state index is 0.381. The van der Waals surface area contributed by atoms with Crippen LogP contribution in [0, 0.1) is 5.41 Å². The first-order valence-corrected chi connectivity index (χ1v) is 6.57. The summed E-state index contributed by atoms with van der Waals surface area (Å²) in [5.74, 6) is 0. The lowest BCUT2D eigenvalue weighted by molar-refractivity contribution is -0.132. The van der Waals surface area contributed by atoms with Gasteiger partial charge in [-0.25, -0.2) is 0 Å². The van der Waals surface area contributed by atoms with E-state index in [4.69, 9.17) is 4.84 Å². The molecule has 18 heavy (non-hydrogen) atoms. The zero-order valence-electron chi connectivity index (χ0n) is 11.9. The predicted octanol–water partition coefficient (Wildman–Crippen LogP) is 4.39. The van der Waals surface area contributed by atoms with Gasteiger partial charge in [0, 0.05) is 12.7 Å². The summed E-state index contributed by atoms with van der Waals surface area (Å²) in [4.78, 5) is 5.71. The topological polar surface area (TPSA) is 12.5 Å². The summed E-state index contributed by atoms with van der Waals surface area (Å²) in [5, 5.41) is 1.83. The van der Waals surface area contributed by atoms with E-state index in [1.54, 1.807) is 6.20 Å². The second-order valence-electron chi connectivity index (χ2n) is 5.75. The molecule has 0 N–H and O–H groups in total. The zero-order valence-corrected chi connectivity index (χ0v) is 11.9. The Balaban J connectivity index is 2.28. The molecule has 1 rings (SSSR count). The van der Waals surface area contributed by atoms with Crippen LogP contribution in [0.15, 0.2) is 43.1 Å². The van der Waals surface area contributed by atoms with Crippen LogP contribution in [0.3, 0.4) is 0 Å². The highest BCUT2D eigenvalue weighted by atomic mass is 16.7. The minimum absolute atomic E-state index is 0.381. The molecule has 100 valence electrons. The van der Waals surface area contributed by atoms with E-state index < -0.39 is 0 Å². The predicted molar refractivity (Wildman–Crippen MR) is 76.8 cm³/mol. The number of benzene rings is 1. The maximum Gasteiger partial charge on any atom is 0.0999 e. The lowest BCUT2D eigenvalue weighted by atomic mass is 9.91. The van der Waals surface area contributed by atoms with Crippen LogP contribution in [0.2, 0.25) is 0 Å². The number of hydroxylamine groups is 2. The molecule has 0 radical (unpaired) electrons. The molecular formula is C16H25NO. The molecule has 0 spiro atoms. The summed E-state index contributed by atoms with van der Waals surface area (Å²) in [7, 11) is 0. The Morgan fingerprint density at radius 2 is 1.89 bits per heavy atom. The average Bonchev–Trinajstić information content (AvgIpc) is 2.33. The highest BCUT2D eigenvalue weighted by Crippen LogP contribution is 2.20. The average molecular weight is 247 g/mol. The standard InChI is InChI=1S/C16H25NO/c1-5-17(13-9-12-16(2,3)4)18-14-15-10-7-6-8-11-15/h5-8,10-11H,1,9,12-14H2,2-4H3. The molecule has 0 saturated carbocycles. The third-order valence-electron chi connectivity index (χ3n) is 2.75. The Morgan fingerprint density at radius 3 is 2.44 bits per heavy atom. The first kappa shape index (κ1) is 14.8. The Labute approximate surface area is 111 Å². The quantitative estimate of drug-likeness (QED) is 0.663. The number of rotatable bonds is 7. The van der Waals surface area contributed by atoms with Crippen molar-refractivity contribution in [3.63, 3.8) is 0 Å². The van der Waals surface area contributed by atoms with E-state index in [-0.39, 0.29) is 0 Å². The summed E-state index contributed by atoms with van der Waals surface area (Å²) in [5.41, 5.74) is 1.56. The van der Waals surface area contributed by atoms with E-state index in [9.17, 15) is 0 Å². The Hall–Kier alpha value is -1.28. The third kappa shape index (κ3) is 6.45. The summed E-state index contributed by atoms with van der Waals surface area (Å²) >= 11 is 0. The van der Waals surface area contributed by atoms with Crippen molar-refractivity contribution in [2.45, 2.75) is 40.2 Å². The fourth-order valence-electron chi connectivity index (χ4n) is 1.71. The molecule has 0 aliphatic heterocycles. The molecule has 0 aliphatic rings. The molecule has 2 heteroatoms. The van der Waals surface area contributed by atoms with Crippen LogP contribution in [0.5, 0.6) is 0 Å².